The molecule has 0 N–H and O–H groups in total. The average molecular weight is 110 g/mol. The minimum absolute atomic E-state index is 0.920. The fraction of sp³-hybridized carbons (Fsp3) is 0.750. The third-order valence-corrected chi connectivity index (χ3v) is 1.76. The van der Waals surface area contributed by atoms with Gasteiger partial charge in [0.25, 0.3) is 0 Å². The van der Waals surface area contributed by atoms with Crippen LogP contribution >= 0.6 is 0 Å². The Labute approximate surface area is 52.3 Å². The predicted octanol–water partition coefficient (Wildman–Crippen LogP) is 2.61. The summed E-state index contributed by atoms with van der Waals surface area (Å²) in [4.78, 5) is 0. The molecule has 1 saturated carbocycles. The van der Waals surface area contributed by atoms with Crippen molar-refractivity contribution in [3.05, 3.63) is 12.3 Å². The molecule has 1 rings (SSSR count). The maximum Gasteiger partial charge on any atom is -0.0266 e. The summed E-state index contributed by atoms with van der Waals surface area (Å²) >= 11 is 0. The molecule has 0 heteroatoms. The van der Waals surface area contributed by atoms with Crippen LogP contribution < -0.4 is 0 Å². The van der Waals surface area contributed by atoms with Crippen LogP contribution in [-0.4, -0.2) is 0 Å². The van der Waals surface area contributed by atoms with E-state index in [0.717, 1.165) is 5.92 Å². The van der Waals surface area contributed by atoms with E-state index in [-0.39, 0.29) is 0 Å². The fourth-order valence-electron chi connectivity index (χ4n) is 1.38. The van der Waals surface area contributed by atoms with E-state index in [0.29, 0.717) is 0 Å². The Morgan fingerprint density at radius 1 is 1.62 bits per heavy atom. The van der Waals surface area contributed by atoms with Crippen LogP contribution in [-0.2, 0) is 0 Å². The Kier molecular flexibility index (Phi) is 1.93. The molecule has 0 nitrogen and oxygen atoms in total. The summed E-state index contributed by atoms with van der Waals surface area (Å²) in [5, 5.41) is 0. The van der Waals surface area contributed by atoms with E-state index >= 15 is 0 Å². The predicted molar refractivity (Wildman–Crippen MR) is 36.2 cm³/mol. The van der Waals surface area contributed by atoms with Crippen molar-refractivity contribution in [1.82, 2.24) is 0 Å². The molecule has 0 heterocycles. The number of hydrogen-bond acceptors (Lipinski definition) is 0. The van der Waals surface area contributed by atoms with Gasteiger partial charge in [-0.25, -0.2) is 0 Å². The molecule has 1 aliphatic rings. The van der Waals surface area contributed by atoms with E-state index in [1.165, 1.54) is 19.3 Å². The first kappa shape index (κ1) is 6.12. The minimum Gasteiger partial charge on any atom is -0.0625 e. The van der Waals surface area contributed by atoms with Crippen LogP contribution in [0.1, 0.15) is 33.1 Å². The Hall–Kier alpha value is 0. The second-order valence-corrected chi connectivity index (χ2v) is 2.99. The lowest BCUT2D eigenvalue weighted by molar-refractivity contribution is 0.476. The standard InChI is InChI=1S/C8H14/c1-7-4-3-5-8(2)6-7/h3,7H,4-6H2,1-2H3. The largest absolute Gasteiger partial charge is 0.0625 e. The highest BCUT2D eigenvalue weighted by molar-refractivity contribution is 4.96. The molecule has 1 unspecified atom stereocenters. The summed E-state index contributed by atoms with van der Waals surface area (Å²) in [7, 11) is 0. The first-order valence-electron chi connectivity index (χ1n) is 3.42. The van der Waals surface area contributed by atoms with Gasteiger partial charge < -0.3 is 0 Å². The first-order chi connectivity index (χ1) is 3.79. The van der Waals surface area contributed by atoms with Crippen LogP contribution in [0.4, 0.5) is 0 Å². The molecule has 46 valence electrons. The lowest BCUT2D eigenvalue weighted by Gasteiger charge is -2.22. The van der Waals surface area contributed by atoms with E-state index in [4.69, 9.17) is 0 Å². The van der Waals surface area contributed by atoms with Gasteiger partial charge in [-0.2, -0.15) is 0 Å². The van der Waals surface area contributed by atoms with Gasteiger partial charge in [0.05, 0.1) is 0 Å². The molecule has 0 bridgehead atoms. The zero-order chi connectivity index (χ0) is 5.98. The summed E-state index contributed by atoms with van der Waals surface area (Å²) in [6.45, 7) is 4.57. The van der Waals surface area contributed by atoms with Gasteiger partial charge in [0, 0.05) is 0 Å². The van der Waals surface area contributed by atoms with Gasteiger partial charge in [0.15, 0.2) is 0 Å². The van der Waals surface area contributed by atoms with Gasteiger partial charge in [-0.3, -0.25) is 0 Å². The van der Waals surface area contributed by atoms with E-state index in [9.17, 15) is 0 Å². The molecule has 1 aliphatic carbocycles. The van der Waals surface area contributed by atoms with Crippen molar-refractivity contribution in [1.29, 1.82) is 0 Å². The topological polar surface area (TPSA) is 0 Å². The molecule has 0 aliphatic heterocycles. The smallest absolute Gasteiger partial charge is 0.0266 e. The van der Waals surface area contributed by atoms with Crippen molar-refractivity contribution in [2.24, 2.45) is 5.92 Å². The molecule has 0 aromatic heterocycles. The van der Waals surface area contributed by atoms with Crippen LogP contribution in [0.15, 0.2) is 0 Å². The highest BCUT2D eigenvalue weighted by Gasteiger charge is 2.14. The lowest BCUT2D eigenvalue weighted by Crippen LogP contribution is -2.08. The lowest BCUT2D eigenvalue weighted by atomic mass is 9.84. The van der Waals surface area contributed by atoms with Gasteiger partial charge in [0.1, 0.15) is 0 Å². The van der Waals surface area contributed by atoms with Gasteiger partial charge in [-0.05, 0) is 37.5 Å². The average Bonchev–Trinajstić information content (AvgIpc) is 1.64. The Balaban J connectivity index is 2.23. The normalized spacial score (nSPS) is 33.0. The van der Waals surface area contributed by atoms with Gasteiger partial charge >= 0.3 is 0 Å². The second-order valence-electron chi connectivity index (χ2n) is 2.99. The summed E-state index contributed by atoms with van der Waals surface area (Å²) in [6.07, 6.45) is 6.35. The van der Waals surface area contributed by atoms with E-state index < -0.39 is 0 Å². The van der Waals surface area contributed by atoms with E-state index in [1.807, 2.05) is 0 Å². The van der Waals surface area contributed by atoms with Crippen molar-refractivity contribution >= 4 is 0 Å². The first-order valence-corrected chi connectivity index (χ1v) is 3.42. The molecule has 0 aromatic carbocycles. The molecule has 1 atom stereocenters. The molecule has 0 aromatic rings. The van der Waals surface area contributed by atoms with Crippen LogP contribution in [0.25, 0.3) is 0 Å². The molecule has 2 radical (unpaired) electrons. The monoisotopic (exact) mass is 110 g/mol. The maximum absolute atomic E-state index is 2.39. The van der Waals surface area contributed by atoms with E-state index in [2.05, 4.69) is 20.3 Å². The molecule has 1 fully saturated rings. The third-order valence-electron chi connectivity index (χ3n) is 1.76. The maximum atomic E-state index is 2.39. The Bertz CT molecular complexity index is 58.4. The van der Waals surface area contributed by atoms with Crippen LogP contribution in [0.2, 0.25) is 0 Å². The fourth-order valence-corrected chi connectivity index (χ4v) is 1.38. The quantitative estimate of drug-likeness (QED) is 0.449. The van der Waals surface area contributed by atoms with Gasteiger partial charge in [0.2, 0.25) is 0 Å². The molecule has 8 heavy (non-hydrogen) atoms. The molecule has 0 amide bonds. The van der Waals surface area contributed by atoms with Crippen LogP contribution in [0.3, 0.4) is 0 Å². The molecular weight excluding hydrogens is 96.1 g/mol. The van der Waals surface area contributed by atoms with Crippen molar-refractivity contribution in [2.45, 2.75) is 33.1 Å². The number of rotatable bonds is 0. The summed E-state index contributed by atoms with van der Waals surface area (Å²) < 4.78 is 0. The van der Waals surface area contributed by atoms with Gasteiger partial charge in [-0.15, -0.1) is 0 Å². The van der Waals surface area contributed by atoms with Crippen LogP contribution in [0.5, 0.6) is 0 Å². The Morgan fingerprint density at radius 3 is 2.75 bits per heavy atom. The zero-order valence-electron chi connectivity index (χ0n) is 5.78. The van der Waals surface area contributed by atoms with Crippen molar-refractivity contribution in [2.75, 3.05) is 0 Å². The number of hydrogen-bond donors (Lipinski definition) is 0. The minimum atomic E-state index is 0.920. The SMILES string of the molecule is C[C]1C[CH]CC(C)C1. The van der Waals surface area contributed by atoms with Crippen molar-refractivity contribution in [3.8, 4) is 0 Å². The Morgan fingerprint density at radius 2 is 2.38 bits per heavy atom. The summed E-state index contributed by atoms with van der Waals surface area (Å²) in [5.41, 5.74) is 0. The molecule has 0 spiro atoms. The second kappa shape index (κ2) is 2.52. The highest BCUT2D eigenvalue weighted by Crippen LogP contribution is 2.28. The van der Waals surface area contributed by atoms with Gasteiger partial charge in [-0.1, -0.05) is 13.8 Å². The highest BCUT2D eigenvalue weighted by atomic mass is 14.2. The third kappa shape index (κ3) is 1.50. The van der Waals surface area contributed by atoms with Crippen molar-refractivity contribution in [3.63, 3.8) is 0 Å². The zero-order valence-corrected chi connectivity index (χ0v) is 5.78. The summed E-state index contributed by atoms with van der Waals surface area (Å²) in [6, 6.07) is 0. The van der Waals surface area contributed by atoms with Crippen LogP contribution in [0, 0.1) is 18.3 Å². The summed E-state index contributed by atoms with van der Waals surface area (Å²) in [5.74, 6) is 2.58. The molecular formula is C8H14. The van der Waals surface area contributed by atoms with Crippen molar-refractivity contribution < 1.29 is 0 Å². The molecule has 0 saturated heterocycles. The van der Waals surface area contributed by atoms with E-state index in [1.54, 1.807) is 5.92 Å².